The topological polar surface area (TPSA) is 127 Å². The first kappa shape index (κ1) is 19.4. The number of ether oxygens (including phenoxy) is 1. The van der Waals surface area contributed by atoms with Crippen LogP contribution in [0.15, 0.2) is 18.2 Å². The lowest BCUT2D eigenvalue weighted by Gasteiger charge is -2.12. The van der Waals surface area contributed by atoms with E-state index in [0.717, 1.165) is 6.07 Å². The van der Waals surface area contributed by atoms with E-state index in [0.29, 0.717) is 12.1 Å². The number of phenolic OH excluding ortho intramolecular Hbond substituents is 1. The molecule has 4 N–H and O–H groups in total. The lowest BCUT2D eigenvalue weighted by Crippen LogP contribution is -2.34. The molecule has 0 amide bonds. The molecule has 0 aliphatic heterocycles. The zero-order valence-electron chi connectivity index (χ0n) is 12.2. The molecular formula is C14H14F3NO6. The number of carbonyl (C=O) groups is 3. The summed E-state index contributed by atoms with van der Waals surface area (Å²) in [4.78, 5) is 33.6. The molecule has 1 aromatic carbocycles. The molecule has 0 unspecified atom stereocenters. The number of aliphatic carboxylic acids is 1. The average Bonchev–Trinajstić information content (AvgIpc) is 2.49. The Morgan fingerprint density at radius 2 is 1.88 bits per heavy atom. The zero-order valence-corrected chi connectivity index (χ0v) is 12.2. The van der Waals surface area contributed by atoms with E-state index >= 15 is 0 Å². The Balaban J connectivity index is 2.69. The minimum atomic E-state index is -4.85. The first-order valence-corrected chi connectivity index (χ1v) is 6.59. The van der Waals surface area contributed by atoms with E-state index in [1.165, 1.54) is 0 Å². The van der Waals surface area contributed by atoms with E-state index in [4.69, 9.17) is 15.9 Å². The number of nitrogens with two attached hydrogens (primary N) is 1. The highest BCUT2D eigenvalue weighted by atomic mass is 19.4. The van der Waals surface area contributed by atoms with Crippen molar-refractivity contribution < 1.29 is 42.5 Å². The van der Waals surface area contributed by atoms with Crippen LogP contribution in [0.3, 0.4) is 0 Å². The quantitative estimate of drug-likeness (QED) is 0.500. The van der Waals surface area contributed by atoms with Crippen molar-refractivity contribution in [2.24, 2.45) is 5.73 Å². The average molecular weight is 349 g/mol. The van der Waals surface area contributed by atoms with Gasteiger partial charge in [0.2, 0.25) is 0 Å². The lowest BCUT2D eigenvalue weighted by molar-refractivity contribution is -0.145. The molecule has 0 aliphatic carbocycles. The number of hydrogen-bond donors (Lipinski definition) is 3. The monoisotopic (exact) mass is 349 g/mol. The second-order valence-electron chi connectivity index (χ2n) is 4.80. The summed E-state index contributed by atoms with van der Waals surface area (Å²) in [5.74, 6) is -4.18. The van der Waals surface area contributed by atoms with Crippen molar-refractivity contribution >= 4 is 17.7 Å². The molecule has 0 bridgehead atoms. The van der Waals surface area contributed by atoms with Crippen molar-refractivity contribution in [1.29, 1.82) is 0 Å². The molecule has 0 saturated heterocycles. The van der Waals surface area contributed by atoms with Crippen LogP contribution in [0.2, 0.25) is 0 Å². The summed E-state index contributed by atoms with van der Waals surface area (Å²) in [6.45, 7) is -0.859. The molecule has 10 heteroatoms. The number of esters is 1. The molecule has 0 aliphatic rings. The second kappa shape index (κ2) is 7.77. The molecule has 7 nitrogen and oxygen atoms in total. The number of ketones is 1. The maximum atomic E-state index is 12.6. The van der Waals surface area contributed by atoms with E-state index < -0.39 is 53.4 Å². The van der Waals surface area contributed by atoms with Gasteiger partial charge in [-0.2, -0.15) is 13.2 Å². The molecular weight excluding hydrogens is 335 g/mol. The van der Waals surface area contributed by atoms with E-state index in [1.807, 2.05) is 0 Å². The van der Waals surface area contributed by atoms with Crippen molar-refractivity contribution in [2.75, 3.05) is 6.61 Å². The van der Waals surface area contributed by atoms with Crippen LogP contribution in [-0.4, -0.2) is 40.6 Å². The van der Waals surface area contributed by atoms with Crippen LogP contribution in [0.5, 0.6) is 5.75 Å². The molecule has 0 heterocycles. The fraction of sp³-hybridized carbons (Fsp3) is 0.357. The summed E-state index contributed by atoms with van der Waals surface area (Å²) in [5.41, 5.74) is 3.56. The number of carbonyl (C=O) groups excluding carboxylic acids is 2. The lowest BCUT2D eigenvalue weighted by atomic mass is 10.1. The number of rotatable bonds is 7. The van der Waals surface area contributed by atoms with Crippen molar-refractivity contribution in [3.8, 4) is 5.75 Å². The van der Waals surface area contributed by atoms with Crippen LogP contribution >= 0.6 is 0 Å². The molecule has 0 radical (unpaired) electrons. The first-order chi connectivity index (χ1) is 11.0. The van der Waals surface area contributed by atoms with Crippen molar-refractivity contribution in [3.63, 3.8) is 0 Å². The number of Topliss-reactive ketones (excluding diaryl/α,β-unsaturated/α-hetero) is 1. The van der Waals surface area contributed by atoms with Gasteiger partial charge in [0.1, 0.15) is 11.8 Å². The summed E-state index contributed by atoms with van der Waals surface area (Å²) >= 11 is 0. The normalized spacial score (nSPS) is 12.5. The highest BCUT2D eigenvalue weighted by Crippen LogP contribution is 2.36. The summed E-state index contributed by atoms with van der Waals surface area (Å²) in [7, 11) is 0. The standard InChI is InChI=1S/C14H14F3NO6/c15-14(16,17)8-5-7(1-3-10(8)19)11(20)6-24-13(23)9(18)2-4-12(21)22/h1,3,5,9,19H,2,4,6,18H2,(H,21,22)/t9-/m0/s1. The maximum Gasteiger partial charge on any atom is 0.419 e. The van der Waals surface area contributed by atoms with Gasteiger partial charge in [-0.15, -0.1) is 0 Å². The molecule has 0 aromatic heterocycles. The number of phenols is 1. The van der Waals surface area contributed by atoms with E-state index in [2.05, 4.69) is 4.74 Å². The Kier molecular flexibility index (Phi) is 6.29. The molecule has 0 saturated carbocycles. The first-order valence-electron chi connectivity index (χ1n) is 6.59. The summed E-state index contributed by atoms with van der Waals surface area (Å²) in [5, 5.41) is 17.6. The number of carboxylic acids is 1. The Morgan fingerprint density at radius 3 is 2.42 bits per heavy atom. The Bertz CT molecular complexity index is 644. The summed E-state index contributed by atoms with van der Waals surface area (Å²) in [6, 6.07) is 0.830. The van der Waals surface area contributed by atoms with Crippen LogP contribution in [0.1, 0.15) is 28.8 Å². The number of alkyl halides is 3. The third-order valence-electron chi connectivity index (χ3n) is 2.94. The maximum absolute atomic E-state index is 12.6. The van der Waals surface area contributed by atoms with Gasteiger partial charge in [-0.3, -0.25) is 14.4 Å². The van der Waals surface area contributed by atoms with Gasteiger partial charge in [0.05, 0.1) is 5.56 Å². The summed E-state index contributed by atoms with van der Waals surface area (Å²) < 4.78 is 42.5. The van der Waals surface area contributed by atoms with E-state index in [1.54, 1.807) is 0 Å². The molecule has 1 atom stereocenters. The molecule has 1 aromatic rings. The number of aromatic hydroxyl groups is 1. The van der Waals surface area contributed by atoms with Gasteiger partial charge >= 0.3 is 18.1 Å². The Morgan fingerprint density at radius 1 is 1.25 bits per heavy atom. The Hall–Kier alpha value is -2.62. The molecule has 1 rings (SSSR count). The predicted octanol–water partition coefficient (Wildman–Crippen LogP) is 1.33. The van der Waals surface area contributed by atoms with Gasteiger partial charge in [0, 0.05) is 12.0 Å². The third-order valence-corrected chi connectivity index (χ3v) is 2.94. The highest BCUT2D eigenvalue weighted by Gasteiger charge is 2.34. The fourth-order valence-electron chi connectivity index (χ4n) is 1.66. The third kappa shape index (κ3) is 5.54. The molecule has 132 valence electrons. The second-order valence-corrected chi connectivity index (χ2v) is 4.80. The summed E-state index contributed by atoms with van der Waals surface area (Å²) in [6.07, 6.45) is -5.44. The Labute approximate surface area is 133 Å². The van der Waals surface area contributed by atoms with Crippen LogP contribution in [-0.2, 0) is 20.5 Å². The number of halogens is 3. The molecule has 0 spiro atoms. The van der Waals surface area contributed by atoms with Gasteiger partial charge < -0.3 is 20.7 Å². The van der Waals surface area contributed by atoms with Crippen molar-refractivity contribution in [2.45, 2.75) is 25.1 Å². The highest BCUT2D eigenvalue weighted by molar-refractivity contribution is 5.98. The largest absolute Gasteiger partial charge is 0.507 e. The number of benzene rings is 1. The minimum Gasteiger partial charge on any atom is -0.507 e. The predicted molar refractivity (Wildman–Crippen MR) is 73.2 cm³/mol. The van der Waals surface area contributed by atoms with Gasteiger partial charge in [-0.05, 0) is 24.6 Å². The van der Waals surface area contributed by atoms with Crippen molar-refractivity contribution in [1.82, 2.24) is 0 Å². The number of carboxylic acid groups (broad SMARTS) is 1. The number of hydrogen-bond acceptors (Lipinski definition) is 6. The molecule has 0 fully saturated rings. The van der Waals surface area contributed by atoms with Crippen LogP contribution < -0.4 is 5.73 Å². The van der Waals surface area contributed by atoms with E-state index in [9.17, 15) is 27.6 Å². The minimum absolute atomic E-state index is 0.209. The van der Waals surface area contributed by atoms with E-state index in [-0.39, 0.29) is 12.8 Å². The van der Waals surface area contributed by atoms with Gasteiger partial charge in [0.25, 0.3) is 0 Å². The van der Waals surface area contributed by atoms with Gasteiger partial charge in [-0.1, -0.05) is 0 Å². The SMILES string of the molecule is N[C@@H](CCC(=O)O)C(=O)OCC(=O)c1ccc(O)c(C(F)(F)F)c1. The van der Waals surface area contributed by atoms with Crippen LogP contribution in [0.4, 0.5) is 13.2 Å². The van der Waals surface area contributed by atoms with Gasteiger partial charge in [-0.25, -0.2) is 0 Å². The fourth-order valence-corrected chi connectivity index (χ4v) is 1.66. The van der Waals surface area contributed by atoms with Crippen LogP contribution in [0, 0.1) is 0 Å². The van der Waals surface area contributed by atoms with Gasteiger partial charge in [0.15, 0.2) is 12.4 Å². The van der Waals surface area contributed by atoms with Crippen LogP contribution in [0.25, 0.3) is 0 Å². The molecule has 24 heavy (non-hydrogen) atoms. The van der Waals surface area contributed by atoms with Crippen molar-refractivity contribution in [3.05, 3.63) is 29.3 Å². The smallest absolute Gasteiger partial charge is 0.419 e. The zero-order chi connectivity index (χ0) is 18.5.